The summed E-state index contributed by atoms with van der Waals surface area (Å²) in [5.41, 5.74) is 1.17. The molecule has 2 N–H and O–H groups in total. The summed E-state index contributed by atoms with van der Waals surface area (Å²) in [6.07, 6.45) is 0.933. The molecule has 0 saturated heterocycles. The second-order valence-corrected chi connectivity index (χ2v) is 5.55. The fourth-order valence-electron chi connectivity index (χ4n) is 1.83. The number of hydrogen-bond acceptors (Lipinski definition) is 2. The summed E-state index contributed by atoms with van der Waals surface area (Å²) < 4.78 is 1.06. The van der Waals surface area contributed by atoms with Crippen LogP contribution in [0.3, 0.4) is 0 Å². The number of rotatable bonds is 6. The van der Waals surface area contributed by atoms with Crippen LogP contribution in [0.5, 0.6) is 0 Å². The van der Waals surface area contributed by atoms with Crippen molar-refractivity contribution in [3.05, 3.63) is 34.3 Å². The summed E-state index contributed by atoms with van der Waals surface area (Å²) in [6, 6.07) is 8.06. The number of halogens is 2. The molecule has 0 bridgehead atoms. The van der Waals surface area contributed by atoms with Gasteiger partial charge in [0.15, 0.2) is 5.96 Å². The molecule has 0 aliphatic rings. The third-order valence-electron chi connectivity index (χ3n) is 2.92. The third kappa shape index (κ3) is 7.44. The predicted octanol–water partition coefficient (Wildman–Crippen LogP) is 2.60. The zero-order valence-corrected chi connectivity index (χ0v) is 17.1. The maximum Gasteiger partial charge on any atom is 0.239 e. The summed E-state index contributed by atoms with van der Waals surface area (Å²) in [4.78, 5) is 17.8. The molecule has 0 aliphatic heterocycles. The quantitative estimate of drug-likeness (QED) is 0.372. The van der Waals surface area contributed by atoms with Gasteiger partial charge >= 0.3 is 0 Å². The second-order valence-electron chi connectivity index (χ2n) is 4.70. The minimum atomic E-state index is -0.0210. The Balaban J connectivity index is 0.00000441. The highest BCUT2D eigenvalue weighted by Crippen LogP contribution is 2.17. The number of benzene rings is 1. The number of aliphatic imine (C=N–C) groups is 1. The van der Waals surface area contributed by atoms with Gasteiger partial charge in [-0.3, -0.25) is 9.79 Å². The molecule has 1 amide bonds. The largest absolute Gasteiger partial charge is 0.355 e. The van der Waals surface area contributed by atoms with E-state index in [9.17, 15) is 4.79 Å². The van der Waals surface area contributed by atoms with Crippen LogP contribution >= 0.6 is 39.9 Å². The van der Waals surface area contributed by atoms with E-state index in [1.54, 1.807) is 7.05 Å². The van der Waals surface area contributed by atoms with Gasteiger partial charge in [-0.2, -0.15) is 0 Å². The molecule has 0 heterocycles. The van der Waals surface area contributed by atoms with E-state index in [0.29, 0.717) is 19.0 Å². The van der Waals surface area contributed by atoms with Gasteiger partial charge in [0.25, 0.3) is 0 Å². The molecule has 124 valence electrons. The first kappa shape index (κ1) is 21.2. The Morgan fingerprint density at radius 2 is 2.00 bits per heavy atom. The van der Waals surface area contributed by atoms with Crippen LogP contribution in [0.4, 0.5) is 0 Å². The van der Waals surface area contributed by atoms with E-state index >= 15 is 0 Å². The molecule has 0 spiro atoms. The zero-order valence-electron chi connectivity index (χ0n) is 13.2. The monoisotopic (exact) mass is 482 g/mol. The van der Waals surface area contributed by atoms with Crippen LogP contribution in [-0.2, 0) is 11.3 Å². The summed E-state index contributed by atoms with van der Waals surface area (Å²) in [7, 11) is 3.65. The van der Waals surface area contributed by atoms with Gasteiger partial charge in [-0.25, -0.2) is 0 Å². The van der Waals surface area contributed by atoms with E-state index < -0.39 is 0 Å². The third-order valence-corrected chi connectivity index (χ3v) is 3.69. The lowest BCUT2D eigenvalue weighted by atomic mass is 10.2. The van der Waals surface area contributed by atoms with Crippen molar-refractivity contribution in [1.29, 1.82) is 0 Å². The Kier molecular flexibility index (Phi) is 11.3. The van der Waals surface area contributed by atoms with Gasteiger partial charge < -0.3 is 15.5 Å². The standard InChI is InChI=1S/C15H23BrN4O.HI/c1-4-9-18-14(21)10-19-15(17-2)20(3)11-12-7-5-6-8-13(12)16;/h5-8H,4,9-11H2,1-3H3,(H,17,19)(H,18,21);1H. The van der Waals surface area contributed by atoms with Crippen LogP contribution in [0.25, 0.3) is 0 Å². The van der Waals surface area contributed by atoms with Crippen molar-refractivity contribution in [3.8, 4) is 0 Å². The number of nitrogens with zero attached hydrogens (tertiary/aromatic N) is 2. The lowest BCUT2D eigenvalue weighted by Crippen LogP contribution is -2.43. The molecule has 0 unspecified atom stereocenters. The summed E-state index contributed by atoms with van der Waals surface area (Å²) in [5, 5.41) is 5.89. The lowest BCUT2D eigenvalue weighted by Gasteiger charge is -2.22. The minimum Gasteiger partial charge on any atom is -0.355 e. The summed E-state index contributed by atoms with van der Waals surface area (Å²) in [5.74, 6) is 0.671. The van der Waals surface area contributed by atoms with Crippen molar-refractivity contribution in [2.24, 2.45) is 4.99 Å². The van der Waals surface area contributed by atoms with Crippen molar-refractivity contribution in [2.45, 2.75) is 19.9 Å². The summed E-state index contributed by atoms with van der Waals surface area (Å²) >= 11 is 3.54. The van der Waals surface area contributed by atoms with E-state index in [2.05, 4.69) is 37.6 Å². The van der Waals surface area contributed by atoms with Crippen LogP contribution < -0.4 is 10.6 Å². The maximum absolute atomic E-state index is 11.6. The number of hydrogen-bond donors (Lipinski definition) is 2. The van der Waals surface area contributed by atoms with Gasteiger partial charge in [-0.1, -0.05) is 41.1 Å². The lowest BCUT2D eigenvalue weighted by molar-refractivity contribution is -0.120. The molecule has 1 rings (SSSR count). The van der Waals surface area contributed by atoms with E-state index in [-0.39, 0.29) is 36.4 Å². The van der Waals surface area contributed by atoms with Crippen molar-refractivity contribution < 1.29 is 4.79 Å². The van der Waals surface area contributed by atoms with Gasteiger partial charge in [-0.05, 0) is 18.1 Å². The molecule has 0 saturated carbocycles. The van der Waals surface area contributed by atoms with Crippen molar-refractivity contribution in [1.82, 2.24) is 15.5 Å². The van der Waals surface area contributed by atoms with Crippen LogP contribution in [0.1, 0.15) is 18.9 Å². The highest BCUT2D eigenvalue weighted by atomic mass is 127. The zero-order chi connectivity index (χ0) is 15.7. The Labute approximate surface area is 158 Å². The Hall–Kier alpha value is -0.830. The van der Waals surface area contributed by atoms with Crippen LogP contribution in [-0.4, -0.2) is 44.0 Å². The van der Waals surface area contributed by atoms with Gasteiger partial charge in [0, 0.05) is 31.7 Å². The van der Waals surface area contributed by atoms with Gasteiger partial charge in [0.2, 0.25) is 5.91 Å². The normalized spacial score (nSPS) is 10.6. The maximum atomic E-state index is 11.6. The fourth-order valence-corrected chi connectivity index (χ4v) is 2.24. The fraction of sp³-hybridized carbons (Fsp3) is 0.467. The molecular weight excluding hydrogens is 459 g/mol. The SMILES string of the molecule is CCCNC(=O)CNC(=NC)N(C)Cc1ccccc1Br.I. The average molecular weight is 483 g/mol. The second kappa shape index (κ2) is 11.7. The highest BCUT2D eigenvalue weighted by Gasteiger charge is 2.09. The molecule has 7 heteroatoms. The van der Waals surface area contributed by atoms with Crippen LogP contribution in [0, 0.1) is 0 Å². The molecule has 0 fully saturated rings. The smallest absolute Gasteiger partial charge is 0.239 e. The molecule has 1 aromatic rings. The first-order valence-electron chi connectivity index (χ1n) is 7.00. The highest BCUT2D eigenvalue weighted by molar-refractivity contribution is 14.0. The molecule has 5 nitrogen and oxygen atoms in total. The average Bonchev–Trinajstić information content (AvgIpc) is 2.48. The van der Waals surface area contributed by atoms with Gasteiger partial charge in [0.1, 0.15) is 0 Å². The Morgan fingerprint density at radius 1 is 1.32 bits per heavy atom. The molecular formula is C15H24BrIN4O. The first-order chi connectivity index (χ1) is 10.1. The van der Waals surface area contributed by atoms with E-state index in [4.69, 9.17) is 0 Å². The molecule has 0 aromatic heterocycles. The predicted molar refractivity (Wildman–Crippen MR) is 106 cm³/mol. The van der Waals surface area contributed by atoms with Crippen molar-refractivity contribution in [2.75, 3.05) is 27.2 Å². The molecule has 22 heavy (non-hydrogen) atoms. The molecule has 0 atom stereocenters. The minimum absolute atomic E-state index is 0. The number of nitrogens with one attached hydrogen (secondary N) is 2. The van der Waals surface area contributed by atoms with Crippen LogP contribution in [0.15, 0.2) is 33.7 Å². The molecule has 0 radical (unpaired) electrons. The number of guanidine groups is 1. The first-order valence-corrected chi connectivity index (χ1v) is 7.79. The number of carbonyl (C=O) groups excluding carboxylic acids is 1. The Bertz CT molecular complexity index is 496. The van der Waals surface area contributed by atoms with Gasteiger partial charge in [-0.15, -0.1) is 24.0 Å². The van der Waals surface area contributed by atoms with Crippen molar-refractivity contribution >= 4 is 51.8 Å². The van der Waals surface area contributed by atoms with Crippen LogP contribution in [0.2, 0.25) is 0 Å². The topological polar surface area (TPSA) is 56.7 Å². The van der Waals surface area contributed by atoms with E-state index in [0.717, 1.165) is 10.9 Å². The Morgan fingerprint density at radius 3 is 2.59 bits per heavy atom. The van der Waals surface area contributed by atoms with E-state index in [1.807, 2.05) is 37.1 Å². The number of carbonyl (C=O) groups is 1. The number of amides is 1. The summed E-state index contributed by atoms with van der Waals surface area (Å²) in [6.45, 7) is 3.66. The van der Waals surface area contributed by atoms with Gasteiger partial charge in [0.05, 0.1) is 6.54 Å². The molecule has 0 aliphatic carbocycles. The molecule has 1 aromatic carbocycles. The van der Waals surface area contributed by atoms with Crippen molar-refractivity contribution in [3.63, 3.8) is 0 Å². The van der Waals surface area contributed by atoms with E-state index in [1.165, 1.54) is 5.56 Å².